The Balaban J connectivity index is 1.74. The number of nitrogens with one attached hydrogen (secondary N) is 1. The van der Waals surface area contributed by atoms with Crippen molar-refractivity contribution in [3.63, 3.8) is 0 Å². The molecule has 4 rings (SSSR count). The molecule has 5 heteroatoms. The summed E-state index contributed by atoms with van der Waals surface area (Å²) >= 11 is 0. The Morgan fingerprint density at radius 2 is 1.58 bits per heavy atom. The molecule has 0 unspecified atom stereocenters. The number of benzene rings is 3. The number of anilines is 1. The van der Waals surface area contributed by atoms with Crippen LogP contribution in [0.5, 0.6) is 0 Å². The Hall–Kier alpha value is -3.99. The SMILES string of the molecule is CCOC(=O)c1ccc(NC(=O)c2cc(-c3ccc(C)cc3)nc3c(C)cc(C)cc23)cc1. The second-order valence-electron chi connectivity index (χ2n) is 8.15. The van der Waals surface area contributed by atoms with E-state index in [-0.39, 0.29) is 11.9 Å². The Labute approximate surface area is 193 Å². The van der Waals surface area contributed by atoms with Crippen LogP contribution in [0.1, 0.15) is 44.3 Å². The Morgan fingerprint density at radius 3 is 2.24 bits per heavy atom. The van der Waals surface area contributed by atoms with Gasteiger partial charge in [-0.1, -0.05) is 41.5 Å². The van der Waals surface area contributed by atoms with E-state index in [9.17, 15) is 9.59 Å². The van der Waals surface area contributed by atoms with Crippen molar-refractivity contribution in [1.29, 1.82) is 0 Å². The average molecular weight is 439 g/mol. The van der Waals surface area contributed by atoms with Crippen molar-refractivity contribution < 1.29 is 14.3 Å². The highest BCUT2D eigenvalue weighted by Gasteiger charge is 2.16. The van der Waals surface area contributed by atoms with Crippen molar-refractivity contribution in [3.8, 4) is 11.3 Å². The lowest BCUT2D eigenvalue weighted by Crippen LogP contribution is -2.14. The van der Waals surface area contributed by atoms with E-state index in [0.717, 1.165) is 38.9 Å². The first-order chi connectivity index (χ1) is 15.9. The fourth-order valence-corrected chi connectivity index (χ4v) is 3.84. The number of aryl methyl sites for hydroxylation is 3. The van der Waals surface area contributed by atoms with Crippen LogP contribution in [0.2, 0.25) is 0 Å². The van der Waals surface area contributed by atoms with Gasteiger partial charge in [0, 0.05) is 16.6 Å². The molecule has 1 aromatic heterocycles. The molecule has 4 aromatic rings. The number of esters is 1. The standard InChI is InChI=1S/C28H26N2O3/c1-5-33-28(32)21-10-12-22(13-11-21)29-27(31)24-16-25(20-8-6-17(2)7-9-20)30-26-19(4)14-18(3)15-23(24)26/h6-16H,5H2,1-4H3,(H,29,31). The first-order valence-electron chi connectivity index (χ1n) is 10.9. The molecule has 0 saturated heterocycles. The molecule has 166 valence electrons. The van der Waals surface area contributed by atoms with Gasteiger partial charge in [-0.05, 0) is 69.7 Å². The van der Waals surface area contributed by atoms with E-state index in [1.165, 1.54) is 0 Å². The lowest BCUT2D eigenvalue weighted by Gasteiger charge is -2.13. The van der Waals surface area contributed by atoms with Crippen molar-refractivity contribution in [2.45, 2.75) is 27.7 Å². The zero-order valence-corrected chi connectivity index (χ0v) is 19.2. The average Bonchev–Trinajstić information content (AvgIpc) is 2.79. The zero-order valence-electron chi connectivity index (χ0n) is 19.2. The number of ether oxygens (including phenoxy) is 1. The monoisotopic (exact) mass is 438 g/mol. The molecule has 33 heavy (non-hydrogen) atoms. The summed E-state index contributed by atoms with van der Waals surface area (Å²) in [5.74, 6) is -0.617. The number of aromatic nitrogens is 1. The van der Waals surface area contributed by atoms with E-state index in [2.05, 4.69) is 11.4 Å². The maximum absolute atomic E-state index is 13.4. The van der Waals surface area contributed by atoms with Gasteiger partial charge >= 0.3 is 5.97 Å². The van der Waals surface area contributed by atoms with Gasteiger partial charge in [0.1, 0.15) is 0 Å². The number of carbonyl (C=O) groups is 2. The first kappa shape index (κ1) is 22.2. The topological polar surface area (TPSA) is 68.3 Å². The van der Waals surface area contributed by atoms with Gasteiger partial charge in [0.15, 0.2) is 0 Å². The molecule has 0 saturated carbocycles. The zero-order chi connectivity index (χ0) is 23.5. The minimum absolute atomic E-state index is 0.232. The molecule has 0 bridgehead atoms. The van der Waals surface area contributed by atoms with Crippen molar-refractivity contribution in [1.82, 2.24) is 4.98 Å². The quantitative estimate of drug-likeness (QED) is 0.374. The van der Waals surface area contributed by atoms with Gasteiger partial charge in [0.05, 0.1) is 28.9 Å². The van der Waals surface area contributed by atoms with Gasteiger partial charge in [-0.25, -0.2) is 9.78 Å². The molecule has 0 radical (unpaired) electrons. The van der Waals surface area contributed by atoms with E-state index < -0.39 is 0 Å². The minimum atomic E-state index is -0.385. The fourth-order valence-electron chi connectivity index (χ4n) is 3.84. The lowest BCUT2D eigenvalue weighted by atomic mass is 9.99. The summed E-state index contributed by atoms with van der Waals surface area (Å²) in [6.45, 7) is 8.14. The smallest absolute Gasteiger partial charge is 0.338 e. The van der Waals surface area contributed by atoms with Crippen LogP contribution in [0.15, 0.2) is 66.7 Å². The van der Waals surface area contributed by atoms with Crippen molar-refractivity contribution >= 4 is 28.5 Å². The van der Waals surface area contributed by atoms with Crippen LogP contribution < -0.4 is 5.32 Å². The summed E-state index contributed by atoms with van der Waals surface area (Å²) < 4.78 is 5.02. The number of fused-ring (bicyclic) bond motifs is 1. The van der Waals surface area contributed by atoms with Crippen LogP contribution in [0.25, 0.3) is 22.2 Å². The Morgan fingerprint density at radius 1 is 0.879 bits per heavy atom. The number of amides is 1. The van der Waals surface area contributed by atoms with Gasteiger partial charge in [-0.2, -0.15) is 0 Å². The van der Waals surface area contributed by atoms with Gasteiger partial charge in [-0.3, -0.25) is 4.79 Å². The van der Waals surface area contributed by atoms with Crippen LogP contribution in [0.3, 0.4) is 0 Å². The molecule has 0 aliphatic heterocycles. The predicted octanol–water partition coefficient (Wildman–Crippen LogP) is 6.26. The minimum Gasteiger partial charge on any atom is -0.462 e. The van der Waals surface area contributed by atoms with Crippen LogP contribution >= 0.6 is 0 Å². The summed E-state index contributed by atoms with van der Waals surface area (Å²) in [5.41, 5.74) is 7.35. The van der Waals surface area contributed by atoms with Crippen molar-refractivity contribution in [3.05, 3.63) is 94.5 Å². The number of carbonyl (C=O) groups excluding carboxylic acids is 2. The van der Waals surface area contributed by atoms with E-state index in [1.54, 1.807) is 31.2 Å². The molecule has 1 heterocycles. The second-order valence-corrected chi connectivity index (χ2v) is 8.15. The van der Waals surface area contributed by atoms with Crippen LogP contribution in [-0.4, -0.2) is 23.5 Å². The number of pyridine rings is 1. The summed E-state index contributed by atoms with van der Waals surface area (Å²) in [6, 6.07) is 20.7. The summed E-state index contributed by atoms with van der Waals surface area (Å²) in [4.78, 5) is 30.1. The maximum atomic E-state index is 13.4. The second kappa shape index (κ2) is 9.25. The molecule has 0 atom stereocenters. The van der Waals surface area contributed by atoms with Gasteiger partial charge in [0.25, 0.3) is 5.91 Å². The molecule has 3 aromatic carbocycles. The molecule has 0 spiro atoms. The lowest BCUT2D eigenvalue weighted by molar-refractivity contribution is 0.0526. The number of nitrogens with zero attached hydrogens (tertiary/aromatic N) is 1. The van der Waals surface area contributed by atoms with Gasteiger partial charge in [0.2, 0.25) is 0 Å². The fraction of sp³-hybridized carbons (Fsp3) is 0.179. The van der Waals surface area contributed by atoms with E-state index in [0.29, 0.717) is 23.4 Å². The highest BCUT2D eigenvalue weighted by Crippen LogP contribution is 2.29. The van der Waals surface area contributed by atoms with E-state index in [1.807, 2.05) is 57.2 Å². The molecule has 1 amide bonds. The largest absolute Gasteiger partial charge is 0.462 e. The molecular weight excluding hydrogens is 412 g/mol. The van der Waals surface area contributed by atoms with Crippen molar-refractivity contribution in [2.24, 2.45) is 0 Å². The van der Waals surface area contributed by atoms with Crippen LogP contribution in [0.4, 0.5) is 5.69 Å². The molecule has 0 aliphatic rings. The number of rotatable bonds is 5. The number of hydrogen-bond donors (Lipinski definition) is 1. The van der Waals surface area contributed by atoms with Crippen LogP contribution in [-0.2, 0) is 4.74 Å². The molecular formula is C28H26N2O3. The highest BCUT2D eigenvalue weighted by molar-refractivity contribution is 6.13. The summed E-state index contributed by atoms with van der Waals surface area (Å²) in [5, 5.41) is 3.77. The summed E-state index contributed by atoms with van der Waals surface area (Å²) in [7, 11) is 0. The van der Waals surface area contributed by atoms with Gasteiger partial charge in [-0.15, -0.1) is 0 Å². The third-order valence-corrected chi connectivity index (χ3v) is 5.49. The number of hydrogen-bond acceptors (Lipinski definition) is 4. The van der Waals surface area contributed by atoms with Crippen LogP contribution in [0, 0.1) is 20.8 Å². The maximum Gasteiger partial charge on any atom is 0.338 e. The highest BCUT2D eigenvalue weighted by atomic mass is 16.5. The van der Waals surface area contributed by atoms with E-state index >= 15 is 0 Å². The molecule has 5 nitrogen and oxygen atoms in total. The van der Waals surface area contributed by atoms with Crippen molar-refractivity contribution in [2.75, 3.05) is 11.9 Å². The molecule has 1 N–H and O–H groups in total. The predicted molar refractivity (Wildman–Crippen MR) is 132 cm³/mol. The normalized spacial score (nSPS) is 10.8. The Bertz CT molecular complexity index is 1340. The Kier molecular flexibility index (Phi) is 6.22. The van der Waals surface area contributed by atoms with Gasteiger partial charge < -0.3 is 10.1 Å². The summed E-state index contributed by atoms with van der Waals surface area (Å²) in [6.07, 6.45) is 0. The third kappa shape index (κ3) is 4.77. The first-order valence-corrected chi connectivity index (χ1v) is 10.9. The van der Waals surface area contributed by atoms with E-state index in [4.69, 9.17) is 9.72 Å². The molecule has 0 fully saturated rings. The molecule has 0 aliphatic carbocycles. The third-order valence-electron chi connectivity index (χ3n) is 5.49.